The third-order valence-corrected chi connectivity index (χ3v) is 6.40. The Morgan fingerprint density at radius 2 is 1.04 bits per heavy atom. The van der Waals surface area contributed by atoms with Crippen LogP contribution >= 0.6 is 0 Å². The molecule has 0 bridgehead atoms. The molecule has 0 unspecified atom stereocenters. The van der Waals surface area contributed by atoms with Gasteiger partial charge in [-0.1, -0.05) is 33.8 Å². The van der Waals surface area contributed by atoms with Crippen molar-refractivity contribution in [3.63, 3.8) is 0 Å². The number of urea groups is 1. The molecule has 14 heteroatoms. The van der Waals surface area contributed by atoms with Gasteiger partial charge < -0.3 is 48.5 Å². The highest BCUT2D eigenvalue weighted by Crippen LogP contribution is 2.21. The molecule has 0 aromatic carbocycles. The van der Waals surface area contributed by atoms with Crippen molar-refractivity contribution < 1.29 is 52.3 Å². The Hall–Kier alpha value is -2.43. The van der Waals surface area contributed by atoms with Crippen LogP contribution in [0, 0.1) is 5.41 Å². The number of rotatable bonds is 31. The summed E-state index contributed by atoms with van der Waals surface area (Å²) in [6, 6.07) is -0.520. The first-order valence-electron chi connectivity index (χ1n) is 16.6. The molecular formula is C33H59N3O11. The van der Waals surface area contributed by atoms with Crippen LogP contribution in [0.15, 0.2) is 24.4 Å². The monoisotopic (exact) mass is 673 g/mol. The zero-order valence-corrected chi connectivity index (χ0v) is 28.9. The Balaban J connectivity index is 1.69. The topological polar surface area (TPSA) is 152 Å². The lowest BCUT2D eigenvalue weighted by Crippen LogP contribution is -2.41. The van der Waals surface area contributed by atoms with Crippen molar-refractivity contribution in [3.05, 3.63) is 24.4 Å². The smallest absolute Gasteiger partial charge is 0.329 e. The van der Waals surface area contributed by atoms with Crippen LogP contribution in [0.3, 0.4) is 0 Å². The van der Waals surface area contributed by atoms with Gasteiger partial charge in [0.2, 0.25) is 5.91 Å². The van der Waals surface area contributed by atoms with Gasteiger partial charge in [-0.15, -0.1) is 0 Å². The fraction of sp³-hybridized carbons (Fsp3) is 0.788. The zero-order chi connectivity index (χ0) is 34.4. The second-order valence-corrected chi connectivity index (χ2v) is 11.7. The molecular weight excluding hydrogens is 614 g/mol. The van der Waals surface area contributed by atoms with Gasteiger partial charge in [0.25, 0.3) is 5.91 Å². The number of carbonyl (C=O) groups excluding carboxylic acids is 3. The zero-order valence-electron chi connectivity index (χ0n) is 28.9. The summed E-state index contributed by atoms with van der Waals surface area (Å²) in [5.74, 6) is -0.383. The number of amides is 4. The van der Waals surface area contributed by atoms with Gasteiger partial charge in [0.1, 0.15) is 0 Å². The second-order valence-electron chi connectivity index (χ2n) is 11.7. The maximum atomic E-state index is 11.9. The molecule has 2 N–H and O–H groups in total. The van der Waals surface area contributed by atoms with E-state index in [2.05, 4.69) is 38.0 Å². The molecule has 4 amide bonds. The molecule has 0 saturated heterocycles. The van der Waals surface area contributed by atoms with Crippen LogP contribution in [0.4, 0.5) is 4.79 Å². The Morgan fingerprint density at radius 3 is 1.45 bits per heavy atom. The van der Waals surface area contributed by atoms with E-state index in [1.807, 2.05) is 0 Å². The fourth-order valence-corrected chi connectivity index (χ4v) is 3.90. The molecule has 272 valence electrons. The van der Waals surface area contributed by atoms with Crippen LogP contribution in [-0.2, 0) is 47.5 Å². The van der Waals surface area contributed by atoms with Crippen LogP contribution in [0.25, 0.3) is 0 Å². The van der Waals surface area contributed by atoms with Crippen LogP contribution in [-0.4, -0.2) is 142 Å². The molecule has 0 atom stereocenters. The van der Waals surface area contributed by atoms with Gasteiger partial charge in [-0.3, -0.25) is 9.59 Å². The quantitative estimate of drug-likeness (QED) is 0.104. The van der Waals surface area contributed by atoms with E-state index in [0.717, 1.165) is 30.7 Å². The van der Waals surface area contributed by atoms with Crippen LogP contribution in [0.5, 0.6) is 0 Å². The predicted molar refractivity (Wildman–Crippen MR) is 176 cm³/mol. The SMILES string of the molecule is C=C1C=CC(=O)N1C(=O)NCCOCCOCCOCCOCCOCCOCCOCCOCCC(=O)NCCCCC(C)(C)C. The molecule has 1 aliphatic rings. The van der Waals surface area contributed by atoms with E-state index < -0.39 is 11.9 Å². The van der Waals surface area contributed by atoms with Crippen molar-refractivity contribution in [3.8, 4) is 0 Å². The van der Waals surface area contributed by atoms with Gasteiger partial charge in [-0.05, 0) is 24.3 Å². The van der Waals surface area contributed by atoms with Gasteiger partial charge in [0.05, 0.1) is 106 Å². The highest BCUT2D eigenvalue weighted by atomic mass is 16.6. The lowest BCUT2D eigenvalue weighted by molar-refractivity contribution is -0.122. The number of unbranched alkanes of at least 4 members (excludes halogenated alkanes) is 1. The molecule has 1 rings (SSSR count). The molecule has 47 heavy (non-hydrogen) atoms. The molecule has 0 aromatic heterocycles. The van der Waals surface area contributed by atoms with Gasteiger partial charge >= 0.3 is 6.03 Å². The Morgan fingerprint density at radius 1 is 0.617 bits per heavy atom. The number of nitrogens with one attached hydrogen (secondary N) is 2. The largest absolute Gasteiger partial charge is 0.379 e. The van der Waals surface area contributed by atoms with Crippen LogP contribution in [0.2, 0.25) is 0 Å². The van der Waals surface area contributed by atoms with E-state index in [-0.39, 0.29) is 12.5 Å². The predicted octanol–water partition coefficient (Wildman–Crippen LogP) is 2.46. The van der Waals surface area contributed by atoms with E-state index in [0.29, 0.717) is 123 Å². The van der Waals surface area contributed by atoms with Gasteiger partial charge in [0, 0.05) is 31.3 Å². The molecule has 0 radical (unpaired) electrons. The Labute approximate surface area is 280 Å². The minimum Gasteiger partial charge on any atom is -0.379 e. The third kappa shape index (κ3) is 26.2. The molecule has 1 aliphatic heterocycles. The van der Waals surface area contributed by atoms with Crippen molar-refractivity contribution in [2.24, 2.45) is 5.41 Å². The highest BCUT2D eigenvalue weighted by Gasteiger charge is 2.25. The number of imide groups is 1. The molecule has 0 fully saturated rings. The van der Waals surface area contributed by atoms with E-state index in [4.69, 9.17) is 37.9 Å². The number of hydrogen-bond acceptors (Lipinski definition) is 11. The average molecular weight is 674 g/mol. The van der Waals surface area contributed by atoms with Gasteiger partial charge in [0.15, 0.2) is 0 Å². The van der Waals surface area contributed by atoms with E-state index >= 15 is 0 Å². The molecule has 0 saturated carbocycles. The van der Waals surface area contributed by atoms with Crippen molar-refractivity contribution >= 4 is 17.8 Å². The summed E-state index contributed by atoms with van der Waals surface area (Å²) in [7, 11) is 0. The lowest BCUT2D eigenvalue weighted by atomic mass is 9.90. The standard InChI is InChI=1S/C33H59N3O11/c1-29-7-8-31(38)36(29)32(39)35-12-14-41-16-18-43-20-22-45-24-26-47-28-27-46-25-23-44-21-19-42-17-15-40-13-9-30(37)34-11-6-5-10-33(2,3)4/h7-8H,1,5-6,9-28H2,2-4H3,(H,34,37)(H,35,39). The summed E-state index contributed by atoms with van der Waals surface area (Å²) in [6.45, 7) is 18.4. The van der Waals surface area contributed by atoms with Crippen molar-refractivity contribution in [2.45, 2.75) is 46.5 Å². The maximum absolute atomic E-state index is 11.9. The van der Waals surface area contributed by atoms with E-state index in [9.17, 15) is 14.4 Å². The van der Waals surface area contributed by atoms with Crippen molar-refractivity contribution in [1.82, 2.24) is 15.5 Å². The lowest BCUT2D eigenvalue weighted by Gasteiger charge is -2.17. The van der Waals surface area contributed by atoms with Crippen LogP contribution in [0.1, 0.15) is 46.5 Å². The normalized spacial score (nSPS) is 13.1. The summed E-state index contributed by atoms with van der Waals surface area (Å²) < 4.78 is 43.6. The first-order valence-corrected chi connectivity index (χ1v) is 16.6. The summed E-state index contributed by atoms with van der Waals surface area (Å²) in [5.41, 5.74) is 0.683. The van der Waals surface area contributed by atoms with Gasteiger partial charge in [-0.2, -0.15) is 0 Å². The second kappa shape index (κ2) is 28.6. The number of allylic oxidation sites excluding steroid dienone is 1. The first kappa shape index (κ1) is 42.6. The maximum Gasteiger partial charge on any atom is 0.329 e. The van der Waals surface area contributed by atoms with Gasteiger partial charge in [-0.25, -0.2) is 9.69 Å². The molecule has 0 aromatic rings. The molecule has 0 aliphatic carbocycles. The first-order chi connectivity index (χ1) is 22.7. The average Bonchev–Trinajstić information content (AvgIpc) is 3.37. The third-order valence-electron chi connectivity index (χ3n) is 6.40. The summed E-state index contributed by atoms with van der Waals surface area (Å²) in [6.07, 6.45) is 6.44. The van der Waals surface area contributed by atoms with Crippen molar-refractivity contribution in [1.29, 1.82) is 0 Å². The molecule has 1 heterocycles. The summed E-state index contributed by atoms with van der Waals surface area (Å²) >= 11 is 0. The summed E-state index contributed by atoms with van der Waals surface area (Å²) in [5, 5.41) is 5.54. The Bertz CT molecular complexity index is 862. The minimum atomic E-state index is -0.520. The number of nitrogens with zero attached hydrogens (tertiary/aromatic N) is 1. The minimum absolute atomic E-state index is 0.0267. The summed E-state index contributed by atoms with van der Waals surface area (Å²) in [4.78, 5) is 36.2. The molecule has 14 nitrogen and oxygen atoms in total. The van der Waals surface area contributed by atoms with Crippen molar-refractivity contribution in [2.75, 3.05) is 119 Å². The van der Waals surface area contributed by atoms with E-state index in [1.165, 1.54) is 12.2 Å². The number of ether oxygens (including phenoxy) is 8. The number of hydrogen-bond donors (Lipinski definition) is 2. The highest BCUT2D eigenvalue weighted by molar-refractivity contribution is 6.05. The number of carbonyl (C=O) groups is 3. The Kier molecular flexibility index (Phi) is 25.9. The van der Waals surface area contributed by atoms with E-state index in [1.54, 1.807) is 0 Å². The molecule has 0 spiro atoms. The van der Waals surface area contributed by atoms with Crippen LogP contribution < -0.4 is 10.6 Å². The fourth-order valence-electron chi connectivity index (χ4n) is 3.90.